The van der Waals surface area contributed by atoms with Gasteiger partial charge < -0.3 is 0 Å². The summed E-state index contributed by atoms with van der Waals surface area (Å²) >= 11 is 0. The van der Waals surface area contributed by atoms with E-state index in [0.717, 1.165) is 5.71 Å². The standard InChI is InChI=1S/C20H27N3O/c1-15-8-6-12-20(3,4)18(15)11-10-16(2)21-22-19(24)17-9-7-13-23(5)14-17/h7,9-11,13-14H,6,8,12H2,1-5H3/p+1/b11-10+,21-16+. The lowest BCUT2D eigenvalue weighted by Crippen LogP contribution is -2.30. The normalized spacial score (nSPS) is 18.1. The average molecular weight is 326 g/mol. The van der Waals surface area contributed by atoms with Crippen molar-refractivity contribution < 1.29 is 9.36 Å². The van der Waals surface area contributed by atoms with E-state index in [1.54, 1.807) is 12.3 Å². The number of rotatable bonds is 4. The minimum Gasteiger partial charge on any atom is -0.267 e. The van der Waals surface area contributed by atoms with Crippen molar-refractivity contribution in [1.29, 1.82) is 0 Å². The molecule has 1 aliphatic carbocycles. The van der Waals surface area contributed by atoms with Gasteiger partial charge in [0, 0.05) is 6.07 Å². The van der Waals surface area contributed by atoms with Crippen molar-refractivity contribution >= 4 is 11.6 Å². The fraction of sp³-hybridized carbons (Fsp3) is 0.450. The first-order valence-corrected chi connectivity index (χ1v) is 8.48. The molecule has 4 nitrogen and oxygen atoms in total. The Morgan fingerprint density at radius 2 is 2.17 bits per heavy atom. The number of hydrogen-bond donors (Lipinski definition) is 1. The lowest BCUT2D eigenvalue weighted by molar-refractivity contribution is -0.671. The molecule has 0 atom stereocenters. The summed E-state index contributed by atoms with van der Waals surface area (Å²) < 4.78 is 1.84. The van der Waals surface area contributed by atoms with Crippen LogP contribution in [0.4, 0.5) is 0 Å². The second kappa shape index (κ2) is 7.56. The predicted molar refractivity (Wildman–Crippen MR) is 97.7 cm³/mol. The molecule has 1 amide bonds. The minimum atomic E-state index is -0.202. The van der Waals surface area contributed by atoms with E-state index in [1.807, 2.05) is 36.9 Å². The number of hydrazone groups is 1. The molecule has 0 unspecified atom stereocenters. The van der Waals surface area contributed by atoms with E-state index in [-0.39, 0.29) is 11.3 Å². The van der Waals surface area contributed by atoms with Gasteiger partial charge in [-0.3, -0.25) is 4.79 Å². The van der Waals surface area contributed by atoms with Crippen LogP contribution in [0.15, 0.2) is 52.9 Å². The zero-order valence-electron chi connectivity index (χ0n) is 15.4. The second-order valence-electron chi connectivity index (χ2n) is 7.22. The quantitative estimate of drug-likeness (QED) is 0.512. The Hall–Kier alpha value is -2.23. The van der Waals surface area contributed by atoms with E-state index < -0.39 is 0 Å². The lowest BCUT2D eigenvalue weighted by atomic mass is 9.72. The third-order valence-corrected chi connectivity index (χ3v) is 4.57. The first-order chi connectivity index (χ1) is 11.3. The van der Waals surface area contributed by atoms with Crippen molar-refractivity contribution in [3.63, 3.8) is 0 Å². The Balaban J connectivity index is 2.05. The number of aryl methyl sites for hydroxylation is 1. The van der Waals surface area contributed by atoms with Crippen molar-refractivity contribution in [3.8, 4) is 0 Å². The molecule has 128 valence electrons. The molecule has 1 aliphatic rings. The van der Waals surface area contributed by atoms with Crippen molar-refractivity contribution in [2.45, 2.75) is 47.0 Å². The van der Waals surface area contributed by atoms with Crippen LogP contribution in [0.5, 0.6) is 0 Å². The van der Waals surface area contributed by atoms with Gasteiger partial charge in [0.15, 0.2) is 12.4 Å². The molecule has 0 aliphatic heterocycles. The van der Waals surface area contributed by atoms with Crippen molar-refractivity contribution in [3.05, 3.63) is 53.4 Å². The second-order valence-corrected chi connectivity index (χ2v) is 7.22. The summed E-state index contributed by atoms with van der Waals surface area (Å²) in [6, 6.07) is 3.61. The van der Waals surface area contributed by atoms with Gasteiger partial charge in [0.1, 0.15) is 12.6 Å². The number of allylic oxidation sites excluding steroid dienone is 4. The van der Waals surface area contributed by atoms with E-state index in [0.29, 0.717) is 5.56 Å². The number of hydrogen-bond acceptors (Lipinski definition) is 2. The molecule has 1 heterocycles. The van der Waals surface area contributed by atoms with Crippen LogP contribution in [0.25, 0.3) is 0 Å². The highest BCUT2D eigenvalue weighted by Gasteiger charge is 2.26. The SMILES string of the molecule is CC1=C(/C=C/C(C)=N/NC(=O)c2ccc[n+](C)c2)C(C)(C)CCC1. The van der Waals surface area contributed by atoms with E-state index >= 15 is 0 Å². The van der Waals surface area contributed by atoms with Crippen LogP contribution >= 0.6 is 0 Å². The maximum absolute atomic E-state index is 12.1. The van der Waals surface area contributed by atoms with E-state index in [1.165, 1.54) is 30.4 Å². The van der Waals surface area contributed by atoms with Crippen LogP contribution in [-0.4, -0.2) is 11.6 Å². The van der Waals surface area contributed by atoms with Crippen LogP contribution in [0.1, 0.15) is 57.3 Å². The van der Waals surface area contributed by atoms with E-state index in [2.05, 4.69) is 37.4 Å². The van der Waals surface area contributed by atoms with Crippen molar-refractivity contribution in [2.75, 3.05) is 0 Å². The third-order valence-electron chi connectivity index (χ3n) is 4.57. The van der Waals surface area contributed by atoms with Gasteiger partial charge in [-0.2, -0.15) is 5.10 Å². The Bertz CT molecular complexity index is 711. The molecule has 2 rings (SSSR count). The van der Waals surface area contributed by atoms with Crippen LogP contribution in [-0.2, 0) is 7.05 Å². The van der Waals surface area contributed by atoms with E-state index in [9.17, 15) is 4.79 Å². The molecule has 0 aromatic carbocycles. The minimum absolute atomic E-state index is 0.202. The number of carbonyl (C=O) groups is 1. The van der Waals surface area contributed by atoms with Crippen molar-refractivity contribution in [2.24, 2.45) is 17.6 Å². The van der Waals surface area contributed by atoms with Gasteiger partial charge in [-0.15, -0.1) is 0 Å². The average Bonchev–Trinajstić information content (AvgIpc) is 2.51. The Kier molecular flexibility index (Phi) is 5.71. The van der Waals surface area contributed by atoms with Crippen LogP contribution in [0, 0.1) is 5.41 Å². The fourth-order valence-corrected chi connectivity index (χ4v) is 3.18. The summed E-state index contributed by atoms with van der Waals surface area (Å²) in [6.07, 6.45) is 11.4. The van der Waals surface area contributed by atoms with Crippen LogP contribution in [0.2, 0.25) is 0 Å². The molecule has 1 aromatic rings. The maximum atomic E-state index is 12.1. The molecule has 0 spiro atoms. The Morgan fingerprint density at radius 3 is 2.83 bits per heavy atom. The topological polar surface area (TPSA) is 45.3 Å². The zero-order valence-corrected chi connectivity index (χ0v) is 15.4. The van der Waals surface area contributed by atoms with Crippen molar-refractivity contribution in [1.82, 2.24) is 5.43 Å². The molecule has 1 N–H and O–H groups in total. The molecule has 24 heavy (non-hydrogen) atoms. The summed E-state index contributed by atoms with van der Waals surface area (Å²) in [6.45, 7) is 8.69. The van der Waals surface area contributed by atoms with Gasteiger partial charge >= 0.3 is 0 Å². The highest BCUT2D eigenvalue weighted by molar-refractivity contribution is 5.97. The van der Waals surface area contributed by atoms with Gasteiger partial charge in [0.2, 0.25) is 0 Å². The molecule has 4 heteroatoms. The first-order valence-electron chi connectivity index (χ1n) is 8.48. The molecule has 0 saturated carbocycles. The third kappa shape index (κ3) is 4.63. The van der Waals surface area contributed by atoms with Crippen LogP contribution < -0.4 is 9.99 Å². The molecular formula is C20H28N3O+. The molecule has 0 radical (unpaired) electrons. The van der Waals surface area contributed by atoms with Gasteiger partial charge in [-0.25, -0.2) is 9.99 Å². The smallest absolute Gasteiger partial charge is 0.267 e. The number of amides is 1. The fourth-order valence-electron chi connectivity index (χ4n) is 3.18. The number of nitrogens with one attached hydrogen (secondary N) is 1. The van der Waals surface area contributed by atoms with Gasteiger partial charge in [-0.05, 0) is 56.2 Å². The molecule has 0 fully saturated rings. The number of carbonyl (C=O) groups excluding carboxylic acids is 1. The highest BCUT2D eigenvalue weighted by atomic mass is 16.2. The van der Waals surface area contributed by atoms with Gasteiger partial charge in [0.05, 0.1) is 5.71 Å². The number of nitrogens with zero attached hydrogens (tertiary/aromatic N) is 2. The molecule has 0 saturated heterocycles. The molecule has 1 aromatic heterocycles. The predicted octanol–water partition coefficient (Wildman–Crippen LogP) is 3.70. The zero-order chi connectivity index (χ0) is 17.7. The monoisotopic (exact) mass is 326 g/mol. The Morgan fingerprint density at radius 1 is 1.42 bits per heavy atom. The van der Waals surface area contributed by atoms with Crippen LogP contribution in [0.3, 0.4) is 0 Å². The number of pyridine rings is 1. The molecular weight excluding hydrogens is 298 g/mol. The number of aromatic nitrogens is 1. The highest BCUT2D eigenvalue weighted by Crippen LogP contribution is 2.40. The van der Waals surface area contributed by atoms with E-state index in [4.69, 9.17) is 0 Å². The summed E-state index contributed by atoms with van der Waals surface area (Å²) in [5.41, 5.74) is 7.04. The summed E-state index contributed by atoms with van der Waals surface area (Å²) in [5, 5.41) is 4.19. The lowest BCUT2D eigenvalue weighted by Gasteiger charge is -2.32. The molecule has 0 bridgehead atoms. The first kappa shape index (κ1) is 18.1. The summed E-state index contributed by atoms with van der Waals surface area (Å²) in [7, 11) is 1.88. The summed E-state index contributed by atoms with van der Waals surface area (Å²) in [5.74, 6) is -0.202. The summed E-state index contributed by atoms with van der Waals surface area (Å²) in [4.78, 5) is 12.1. The van der Waals surface area contributed by atoms with Gasteiger partial charge in [0.25, 0.3) is 5.91 Å². The largest absolute Gasteiger partial charge is 0.277 e. The maximum Gasteiger partial charge on any atom is 0.277 e. The Labute approximate surface area is 145 Å². The van der Waals surface area contributed by atoms with Gasteiger partial charge in [-0.1, -0.05) is 25.5 Å².